The van der Waals surface area contributed by atoms with Gasteiger partial charge < -0.3 is 10.6 Å². The van der Waals surface area contributed by atoms with Crippen molar-refractivity contribution in [1.29, 1.82) is 0 Å². The van der Waals surface area contributed by atoms with Crippen LogP contribution in [-0.2, 0) is 16.0 Å². The zero-order valence-electron chi connectivity index (χ0n) is 19.5. The second-order valence-electron chi connectivity index (χ2n) is 7.88. The van der Waals surface area contributed by atoms with E-state index in [-0.39, 0.29) is 28.6 Å². The Morgan fingerprint density at radius 2 is 1.45 bits per heavy atom. The van der Waals surface area contributed by atoms with Gasteiger partial charge in [0.2, 0.25) is 9.84 Å². The fourth-order valence-electron chi connectivity index (χ4n) is 3.41. The lowest BCUT2D eigenvalue weighted by Crippen LogP contribution is -2.35. The third-order valence-corrected chi connectivity index (χ3v) is 6.96. The first-order valence-corrected chi connectivity index (χ1v) is 12.6. The van der Waals surface area contributed by atoms with Crippen molar-refractivity contribution < 1.29 is 31.2 Å². The summed E-state index contributed by atoms with van der Waals surface area (Å²) in [6.07, 6.45) is -2.77. The lowest BCUT2D eigenvalue weighted by Gasteiger charge is -2.09. The van der Waals surface area contributed by atoms with Gasteiger partial charge in [-0.25, -0.2) is 18.1 Å². The zero-order valence-corrected chi connectivity index (χ0v) is 20.3. The summed E-state index contributed by atoms with van der Waals surface area (Å²) in [5.74, 6) is -1.62. The van der Waals surface area contributed by atoms with E-state index >= 15 is 0 Å². The van der Waals surface area contributed by atoms with Crippen molar-refractivity contribution in [3.8, 4) is 5.69 Å². The molecule has 0 saturated carbocycles. The first-order chi connectivity index (χ1) is 18.1. The maximum atomic E-state index is 13.5. The summed E-state index contributed by atoms with van der Waals surface area (Å²) in [7, 11) is -3.85. The van der Waals surface area contributed by atoms with E-state index in [4.69, 9.17) is 0 Å². The minimum Gasteiger partial charge on any atom is -0.350 e. The number of rotatable bonds is 8. The van der Waals surface area contributed by atoms with Crippen LogP contribution in [-0.4, -0.2) is 48.1 Å². The fourth-order valence-corrected chi connectivity index (χ4v) is 4.60. The van der Waals surface area contributed by atoms with E-state index in [1.807, 2.05) is 0 Å². The predicted octanol–water partition coefficient (Wildman–Crippen LogP) is 3.28. The Labute approximate surface area is 215 Å². The molecule has 0 radical (unpaired) electrons. The van der Waals surface area contributed by atoms with E-state index in [0.29, 0.717) is 5.69 Å². The van der Waals surface area contributed by atoms with E-state index in [2.05, 4.69) is 20.7 Å². The predicted molar refractivity (Wildman–Crippen MR) is 129 cm³/mol. The number of hydrogen-bond acceptors (Lipinski definition) is 6. The molecule has 196 valence electrons. The highest BCUT2D eigenvalue weighted by molar-refractivity contribution is 7.91. The average Bonchev–Trinajstić information content (AvgIpc) is 3.39. The van der Waals surface area contributed by atoms with Crippen LogP contribution in [0.15, 0.2) is 95.1 Å². The monoisotopic (exact) mass is 543 g/mol. The van der Waals surface area contributed by atoms with E-state index in [1.165, 1.54) is 24.3 Å². The number of pyridine rings is 1. The second kappa shape index (κ2) is 10.8. The van der Waals surface area contributed by atoms with Crippen LogP contribution >= 0.6 is 0 Å². The van der Waals surface area contributed by atoms with Gasteiger partial charge in [-0.05, 0) is 36.4 Å². The van der Waals surface area contributed by atoms with Gasteiger partial charge in [0.1, 0.15) is 0 Å². The van der Waals surface area contributed by atoms with Gasteiger partial charge in [-0.15, -0.1) is 0 Å². The molecule has 2 amide bonds. The Bertz CT molecular complexity index is 1540. The number of hydrogen-bond donors (Lipinski definition) is 2. The van der Waals surface area contributed by atoms with Crippen LogP contribution in [0.3, 0.4) is 0 Å². The van der Waals surface area contributed by atoms with Gasteiger partial charge in [0.25, 0.3) is 11.8 Å². The van der Waals surface area contributed by atoms with Crippen molar-refractivity contribution in [1.82, 2.24) is 25.4 Å². The van der Waals surface area contributed by atoms with E-state index in [9.17, 15) is 31.2 Å². The Kier molecular flexibility index (Phi) is 7.57. The van der Waals surface area contributed by atoms with Gasteiger partial charge >= 0.3 is 6.18 Å². The summed E-state index contributed by atoms with van der Waals surface area (Å²) in [5, 5.41) is 8.11. The van der Waals surface area contributed by atoms with Crippen molar-refractivity contribution in [2.75, 3.05) is 13.1 Å². The molecule has 38 heavy (non-hydrogen) atoms. The number of amides is 2. The Hall–Kier alpha value is -4.52. The normalized spacial score (nSPS) is 11.7. The van der Waals surface area contributed by atoms with Crippen LogP contribution in [0, 0.1) is 0 Å². The first-order valence-electron chi connectivity index (χ1n) is 11.1. The van der Waals surface area contributed by atoms with Crippen LogP contribution in [0.5, 0.6) is 0 Å². The second-order valence-corrected chi connectivity index (χ2v) is 9.78. The minimum atomic E-state index is -4.85. The topological polar surface area (TPSA) is 123 Å². The van der Waals surface area contributed by atoms with E-state index in [0.717, 1.165) is 17.1 Å². The molecule has 0 bridgehead atoms. The highest BCUT2D eigenvalue weighted by atomic mass is 32.2. The third kappa shape index (κ3) is 5.89. The van der Waals surface area contributed by atoms with Gasteiger partial charge in [0, 0.05) is 25.5 Å². The van der Waals surface area contributed by atoms with Crippen LogP contribution in [0.2, 0.25) is 0 Å². The summed E-state index contributed by atoms with van der Waals surface area (Å²) in [5.41, 5.74) is -1.58. The third-order valence-electron chi connectivity index (χ3n) is 5.27. The van der Waals surface area contributed by atoms with Crippen LogP contribution in [0.1, 0.15) is 26.4 Å². The van der Waals surface area contributed by atoms with Crippen molar-refractivity contribution in [3.05, 3.63) is 102 Å². The van der Waals surface area contributed by atoms with Crippen molar-refractivity contribution in [2.24, 2.45) is 0 Å². The molecule has 0 spiro atoms. The number of nitrogens with one attached hydrogen (secondary N) is 2. The summed E-state index contributed by atoms with van der Waals surface area (Å²) in [6, 6.07) is 18.2. The number of nitrogens with zero attached hydrogens (tertiary/aromatic N) is 3. The number of carbonyl (C=O) groups excluding carboxylic acids is 2. The number of benzene rings is 2. The number of carbonyl (C=O) groups is 2. The lowest BCUT2D eigenvalue weighted by atomic mass is 10.2. The van der Waals surface area contributed by atoms with Crippen molar-refractivity contribution in [3.63, 3.8) is 0 Å². The number of halogens is 3. The Balaban J connectivity index is 1.35. The molecule has 13 heteroatoms. The molecular formula is C25H20F3N5O4S. The van der Waals surface area contributed by atoms with Gasteiger partial charge in [-0.2, -0.15) is 18.3 Å². The Morgan fingerprint density at radius 1 is 0.842 bits per heavy atom. The molecule has 0 atom stereocenters. The molecule has 9 nitrogen and oxygen atoms in total. The largest absolute Gasteiger partial charge is 0.435 e. The maximum Gasteiger partial charge on any atom is 0.435 e. The van der Waals surface area contributed by atoms with Gasteiger partial charge in [-0.3, -0.25) is 9.59 Å². The van der Waals surface area contributed by atoms with E-state index in [1.54, 1.807) is 48.5 Å². The first kappa shape index (κ1) is 26.5. The fraction of sp³-hybridized carbons (Fsp3) is 0.120. The minimum absolute atomic E-state index is 0.0587. The molecule has 0 aliphatic heterocycles. The van der Waals surface area contributed by atoms with Crippen LogP contribution in [0.25, 0.3) is 5.69 Å². The summed E-state index contributed by atoms with van der Waals surface area (Å²) < 4.78 is 66.5. The van der Waals surface area contributed by atoms with E-state index < -0.39 is 39.1 Å². The smallest absolute Gasteiger partial charge is 0.350 e. The van der Waals surface area contributed by atoms with Crippen LogP contribution in [0.4, 0.5) is 13.2 Å². The van der Waals surface area contributed by atoms with Crippen LogP contribution < -0.4 is 10.6 Å². The number of aromatic nitrogens is 3. The molecule has 0 saturated heterocycles. The molecule has 0 fully saturated rings. The number of alkyl halides is 3. The highest BCUT2D eigenvalue weighted by Crippen LogP contribution is 2.31. The number of para-hydroxylation sites is 1. The molecule has 4 aromatic rings. The maximum absolute atomic E-state index is 13.5. The molecule has 2 aromatic heterocycles. The molecule has 4 rings (SSSR count). The van der Waals surface area contributed by atoms with Gasteiger partial charge in [0.05, 0.1) is 21.7 Å². The quantitative estimate of drug-likeness (QED) is 0.329. The molecule has 0 aliphatic rings. The van der Waals surface area contributed by atoms with Gasteiger partial charge in [0.15, 0.2) is 10.7 Å². The molecule has 0 unspecified atom stereocenters. The SMILES string of the molecule is O=C(NCCNC(=O)c1cn(-c2ccccc2)nc1C(F)(F)F)c1ccc(S(=O)(=O)c2ccccc2)nc1. The molecule has 2 aromatic carbocycles. The molecule has 0 aliphatic carbocycles. The summed E-state index contributed by atoms with van der Waals surface area (Å²) in [6.45, 7) is -0.283. The average molecular weight is 544 g/mol. The number of sulfone groups is 1. The molecule has 2 N–H and O–H groups in total. The van der Waals surface area contributed by atoms with Crippen molar-refractivity contribution in [2.45, 2.75) is 16.1 Å². The lowest BCUT2D eigenvalue weighted by molar-refractivity contribution is -0.141. The zero-order chi connectivity index (χ0) is 27.3. The van der Waals surface area contributed by atoms with Crippen molar-refractivity contribution >= 4 is 21.7 Å². The summed E-state index contributed by atoms with van der Waals surface area (Å²) >= 11 is 0. The standard InChI is InChI=1S/C25H20F3N5O4S/c26-25(27,28)22-20(16-33(32-22)18-7-3-1-4-8-18)24(35)30-14-13-29-23(34)17-11-12-21(31-15-17)38(36,37)19-9-5-2-6-10-19/h1-12,15-16H,13-14H2,(H,29,34)(H,30,35). The van der Waals surface area contributed by atoms with Gasteiger partial charge in [-0.1, -0.05) is 36.4 Å². The molecular weight excluding hydrogens is 523 g/mol. The Morgan fingerprint density at radius 3 is 2.03 bits per heavy atom. The molecule has 2 heterocycles. The summed E-state index contributed by atoms with van der Waals surface area (Å²) in [4.78, 5) is 28.8. The highest BCUT2D eigenvalue weighted by Gasteiger charge is 2.39.